The van der Waals surface area contributed by atoms with Gasteiger partial charge in [-0.1, -0.05) is 13.0 Å². The van der Waals surface area contributed by atoms with Crippen molar-refractivity contribution >= 4 is 28.3 Å². The van der Waals surface area contributed by atoms with Gasteiger partial charge in [0.05, 0.1) is 24.0 Å². The van der Waals surface area contributed by atoms with Crippen LogP contribution in [0.3, 0.4) is 0 Å². The number of amides is 2. The number of carbonyl (C=O) groups excluding carboxylic acids is 2. The highest BCUT2D eigenvalue weighted by Crippen LogP contribution is 2.38. The molecule has 6 rings (SSSR count). The third-order valence-electron chi connectivity index (χ3n) is 7.74. The van der Waals surface area contributed by atoms with Crippen molar-refractivity contribution in [3.63, 3.8) is 0 Å². The lowest BCUT2D eigenvalue weighted by atomic mass is 9.91. The Morgan fingerprint density at radius 1 is 1.08 bits per heavy atom. The second-order valence-corrected chi connectivity index (χ2v) is 10.0. The largest absolute Gasteiger partial charge is 0.348 e. The highest BCUT2D eigenvalue weighted by molar-refractivity contribution is 6.05. The lowest BCUT2D eigenvalue weighted by molar-refractivity contribution is -0.128. The van der Waals surface area contributed by atoms with Crippen molar-refractivity contribution in [2.75, 3.05) is 13.1 Å². The number of hydrogen-bond acceptors (Lipinski definition) is 4. The van der Waals surface area contributed by atoms with Crippen LogP contribution in [-0.4, -0.2) is 54.5 Å². The van der Waals surface area contributed by atoms with Crippen LogP contribution in [0.4, 0.5) is 4.39 Å². The molecule has 2 aliphatic rings. The Bertz CT molecular complexity index is 1630. The Morgan fingerprint density at radius 2 is 1.92 bits per heavy atom. The molecule has 1 N–H and O–H groups in total. The summed E-state index contributed by atoms with van der Waals surface area (Å²) >= 11 is 0. The zero-order valence-corrected chi connectivity index (χ0v) is 21.7. The first-order chi connectivity index (χ1) is 18.4. The van der Waals surface area contributed by atoms with E-state index in [2.05, 4.69) is 22.0 Å². The van der Waals surface area contributed by atoms with E-state index in [4.69, 9.17) is 0 Å². The zero-order chi connectivity index (χ0) is 26.6. The predicted molar refractivity (Wildman–Crippen MR) is 142 cm³/mol. The Balaban J connectivity index is 1.49. The maximum absolute atomic E-state index is 16.2. The average Bonchev–Trinajstić information content (AvgIpc) is 3.65. The van der Waals surface area contributed by atoms with Crippen molar-refractivity contribution in [1.29, 1.82) is 0 Å². The highest BCUT2D eigenvalue weighted by atomic mass is 19.1. The van der Waals surface area contributed by atoms with Crippen molar-refractivity contribution in [2.24, 2.45) is 7.05 Å². The molecule has 2 amide bonds. The van der Waals surface area contributed by atoms with Crippen LogP contribution in [0.25, 0.3) is 27.6 Å². The van der Waals surface area contributed by atoms with E-state index < -0.39 is 5.82 Å². The van der Waals surface area contributed by atoms with Gasteiger partial charge in [0.1, 0.15) is 5.69 Å². The molecule has 0 aliphatic carbocycles. The standard InChI is InChI=1S/C29H29FN6O2/c1-4-18-12-31-8-7-21(18)23-10-22(19-6-5-9-35(14-19)17(2)37)27(30)28-24(23)11-25(33-28)29(38)36-15-20-13-32-34(3)26(20)16-36/h6-8,10-13,33H,4-5,9,14-16H2,1-3H3. The number of rotatable bonds is 4. The molecular formula is C29H29FN6O2. The van der Waals surface area contributed by atoms with Crippen molar-refractivity contribution in [3.05, 3.63) is 76.8 Å². The summed E-state index contributed by atoms with van der Waals surface area (Å²) in [6.45, 7) is 5.49. The number of benzene rings is 1. The minimum absolute atomic E-state index is 0.0331. The molecular weight excluding hydrogens is 483 g/mol. The van der Waals surface area contributed by atoms with Gasteiger partial charge >= 0.3 is 0 Å². The molecule has 0 atom stereocenters. The van der Waals surface area contributed by atoms with Crippen LogP contribution in [-0.2, 0) is 31.4 Å². The molecule has 194 valence electrons. The van der Waals surface area contributed by atoms with Crippen LogP contribution in [0.1, 0.15) is 53.1 Å². The quantitative estimate of drug-likeness (QED) is 0.438. The third kappa shape index (κ3) is 3.89. The number of halogens is 1. The first kappa shape index (κ1) is 24.1. The van der Waals surface area contributed by atoms with E-state index in [1.54, 1.807) is 32.9 Å². The summed E-state index contributed by atoms with van der Waals surface area (Å²) < 4.78 is 18.0. The smallest absolute Gasteiger partial charge is 0.270 e. The van der Waals surface area contributed by atoms with Crippen LogP contribution >= 0.6 is 0 Å². The van der Waals surface area contributed by atoms with Crippen molar-refractivity contribution in [2.45, 2.75) is 39.8 Å². The molecule has 0 fully saturated rings. The molecule has 2 aliphatic heterocycles. The molecule has 0 saturated heterocycles. The van der Waals surface area contributed by atoms with Gasteiger partial charge in [0.25, 0.3) is 5.91 Å². The van der Waals surface area contributed by atoms with Crippen molar-refractivity contribution in [3.8, 4) is 11.1 Å². The number of fused-ring (bicyclic) bond motifs is 2. The summed E-state index contributed by atoms with van der Waals surface area (Å²) in [5.41, 5.74) is 6.69. The van der Waals surface area contributed by atoms with Crippen molar-refractivity contribution in [1.82, 2.24) is 29.5 Å². The fourth-order valence-corrected chi connectivity index (χ4v) is 5.61. The number of pyridine rings is 1. The highest BCUT2D eigenvalue weighted by Gasteiger charge is 2.29. The number of aromatic nitrogens is 4. The average molecular weight is 513 g/mol. The van der Waals surface area contributed by atoms with E-state index >= 15 is 4.39 Å². The fraction of sp³-hybridized carbons (Fsp3) is 0.310. The Hall–Kier alpha value is -4.27. The Labute approximate surface area is 219 Å². The molecule has 8 nitrogen and oxygen atoms in total. The molecule has 0 spiro atoms. The first-order valence-corrected chi connectivity index (χ1v) is 12.9. The second kappa shape index (κ2) is 9.24. The SMILES string of the molecule is CCc1cnccc1-c1cc(C2=CCCN(C(C)=O)C2)c(F)c2[nH]c(C(=O)N3Cc4cnn(C)c4C3)cc12. The molecule has 1 aromatic carbocycles. The van der Waals surface area contributed by atoms with Gasteiger partial charge in [0, 0.05) is 62.5 Å². The van der Waals surface area contributed by atoms with Gasteiger partial charge in [-0.2, -0.15) is 5.10 Å². The van der Waals surface area contributed by atoms with E-state index in [9.17, 15) is 9.59 Å². The molecule has 0 unspecified atom stereocenters. The van der Waals surface area contributed by atoms with Gasteiger partial charge in [0.15, 0.2) is 5.82 Å². The molecule has 5 heterocycles. The van der Waals surface area contributed by atoms with Gasteiger partial charge in [-0.05, 0) is 53.3 Å². The van der Waals surface area contributed by atoms with Gasteiger partial charge in [-0.3, -0.25) is 19.3 Å². The van der Waals surface area contributed by atoms with E-state index in [0.29, 0.717) is 54.8 Å². The summed E-state index contributed by atoms with van der Waals surface area (Å²) in [5, 5.41) is 4.92. The molecule has 0 bridgehead atoms. The van der Waals surface area contributed by atoms with Gasteiger partial charge < -0.3 is 14.8 Å². The maximum Gasteiger partial charge on any atom is 0.270 e. The number of nitrogens with one attached hydrogen (secondary N) is 1. The number of aryl methyl sites for hydroxylation is 2. The van der Waals surface area contributed by atoms with E-state index in [1.807, 2.05) is 31.5 Å². The zero-order valence-electron chi connectivity index (χ0n) is 21.7. The minimum atomic E-state index is -0.416. The molecule has 3 aromatic heterocycles. The number of aromatic amines is 1. The van der Waals surface area contributed by atoms with Gasteiger partial charge in [-0.25, -0.2) is 4.39 Å². The Morgan fingerprint density at radius 3 is 2.68 bits per heavy atom. The van der Waals surface area contributed by atoms with Crippen LogP contribution in [0.5, 0.6) is 0 Å². The molecule has 9 heteroatoms. The minimum Gasteiger partial charge on any atom is -0.348 e. The lowest BCUT2D eigenvalue weighted by Crippen LogP contribution is -2.33. The van der Waals surface area contributed by atoms with E-state index in [0.717, 1.165) is 39.9 Å². The summed E-state index contributed by atoms with van der Waals surface area (Å²) in [5.74, 6) is -0.635. The fourth-order valence-electron chi connectivity index (χ4n) is 5.61. The number of H-pyrrole nitrogens is 1. The number of carbonyl (C=O) groups is 2. The van der Waals surface area contributed by atoms with Crippen molar-refractivity contribution < 1.29 is 14.0 Å². The molecule has 38 heavy (non-hydrogen) atoms. The van der Waals surface area contributed by atoms with Crippen LogP contribution in [0.2, 0.25) is 0 Å². The molecule has 0 saturated carbocycles. The second-order valence-electron chi connectivity index (χ2n) is 10.0. The maximum atomic E-state index is 16.2. The monoisotopic (exact) mass is 512 g/mol. The number of nitrogens with zero attached hydrogens (tertiary/aromatic N) is 5. The van der Waals surface area contributed by atoms with Gasteiger partial charge in [-0.15, -0.1) is 0 Å². The van der Waals surface area contributed by atoms with E-state index in [-0.39, 0.29) is 11.8 Å². The third-order valence-corrected chi connectivity index (χ3v) is 7.74. The van der Waals surface area contributed by atoms with E-state index in [1.165, 1.54) is 6.92 Å². The summed E-state index contributed by atoms with van der Waals surface area (Å²) in [6, 6.07) is 5.56. The van der Waals surface area contributed by atoms with Crippen LogP contribution in [0, 0.1) is 5.82 Å². The topological polar surface area (TPSA) is 87.1 Å². The summed E-state index contributed by atoms with van der Waals surface area (Å²) in [7, 11) is 1.87. The van der Waals surface area contributed by atoms with Crippen LogP contribution in [0.15, 0.2) is 42.9 Å². The first-order valence-electron chi connectivity index (χ1n) is 12.9. The lowest BCUT2D eigenvalue weighted by Gasteiger charge is -2.27. The Kier molecular flexibility index (Phi) is 5.86. The number of hydrogen-bond donors (Lipinski definition) is 1. The normalized spacial score (nSPS) is 15.2. The molecule has 4 aromatic rings. The summed E-state index contributed by atoms with van der Waals surface area (Å²) in [6.07, 6.45) is 8.77. The molecule has 0 radical (unpaired) electrons. The van der Waals surface area contributed by atoms with Crippen LogP contribution < -0.4 is 0 Å². The summed E-state index contributed by atoms with van der Waals surface area (Å²) in [4.78, 5) is 36.5. The van der Waals surface area contributed by atoms with Gasteiger partial charge in [0.2, 0.25) is 5.91 Å². The predicted octanol–water partition coefficient (Wildman–Crippen LogP) is 4.46.